The average molecular weight is 425 g/mol. The van der Waals surface area contributed by atoms with Gasteiger partial charge in [-0.2, -0.15) is 0 Å². The van der Waals surface area contributed by atoms with Gasteiger partial charge < -0.3 is 19.8 Å². The first-order chi connectivity index (χ1) is 14.4. The van der Waals surface area contributed by atoms with E-state index >= 15 is 0 Å². The second kappa shape index (κ2) is 9.93. The SMILES string of the molecule is CN(Cc1cccc(-c2ccc(C=C(CC(=O)O)C(=O)O)cc2)c1)C(=O)OC(C)(C)C. The van der Waals surface area contributed by atoms with E-state index in [4.69, 9.17) is 14.9 Å². The molecule has 0 aliphatic rings. The Morgan fingerprint density at radius 3 is 2.19 bits per heavy atom. The lowest BCUT2D eigenvalue weighted by Gasteiger charge is -2.24. The zero-order valence-corrected chi connectivity index (χ0v) is 18.1. The number of aliphatic carboxylic acids is 2. The van der Waals surface area contributed by atoms with Gasteiger partial charge in [-0.05, 0) is 55.2 Å². The third-order valence-corrected chi connectivity index (χ3v) is 4.25. The molecule has 0 aliphatic carbocycles. The van der Waals surface area contributed by atoms with Crippen molar-refractivity contribution >= 4 is 24.1 Å². The molecule has 2 rings (SSSR count). The number of hydrogen-bond acceptors (Lipinski definition) is 4. The number of carboxylic acids is 2. The highest BCUT2D eigenvalue weighted by Crippen LogP contribution is 2.23. The Hall–Kier alpha value is -3.61. The van der Waals surface area contributed by atoms with Crippen LogP contribution in [0.5, 0.6) is 0 Å². The summed E-state index contributed by atoms with van der Waals surface area (Å²) in [5.41, 5.74) is 2.64. The Kier molecular flexibility index (Phi) is 7.58. The number of carboxylic acid groups (broad SMARTS) is 2. The van der Waals surface area contributed by atoms with Crippen molar-refractivity contribution in [1.29, 1.82) is 0 Å². The third-order valence-electron chi connectivity index (χ3n) is 4.25. The molecular formula is C24H27NO6. The molecule has 0 spiro atoms. The van der Waals surface area contributed by atoms with Crippen LogP contribution in [-0.4, -0.2) is 45.8 Å². The fourth-order valence-electron chi connectivity index (χ4n) is 2.85. The molecule has 2 aromatic rings. The van der Waals surface area contributed by atoms with Crippen LogP contribution in [0.15, 0.2) is 54.1 Å². The van der Waals surface area contributed by atoms with Crippen LogP contribution in [0.1, 0.15) is 38.3 Å². The van der Waals surface area contributed by atoms with Gasteiger partial charge in [-0.3, -0.25) is 4.79 Å². The van der Waals surface area contributed by atoms with Gasteiger partial charge in [0.2, 0.25) is 0 Å². The van der Waals surface area contributed by atoms with E-state index in [0.29, 0.717) is 12.1 Å². The summed E-state index contributed by atoms with van der Waals surface area (Å²) >= 11 is 0. The number of benzene rings is 2. The Labute approximate surface area is 181 Å². The molecule has 2 aromatic carbocycles. The van der Waals surface area contributed by atoms with Crippen LogP contribution in [0, 0.1) is 0 Å². The lowest BCUT2D eigenvalue weighted by atomic mass is 10.0. The van der Waals surface area contributed by atoms with Crippen LogP contribution in [0.2, 0.25) is 0 Å². The summed E-state index contributed by atoms with van der Waals surface area (Å²) in [6.45, 7) is 5.85. The van der Waals surface area contributed by atoms with Crippen LogP contribution in [-0.2, 0) is 20.9 Å². The molecule has 2 N–H and O–H groups in total. The van der Waals surface area contributed by atoms with E-state index in [-0.39, 0.29) is 5.57 Å². The maximum absolute atomic E-state index is 12.2. The number of rotatable bonds is 7. The predicted molar refractivity (Wildman–Crippen MR) is 117 cm³/mol. The van der Waals surface area contributed by atoms with Crippen molar-refractivity contribution in [3.63, 3.8) is 0 Å². The molecule has 0 saturated carbocycles. The summed E-state index contributed by atoms with van der Waals surface area (Å²) in [4.78, 5) is 35.7. The largest absolute Gasteiger partial charge is 0.481 e. The fourth-order valence-corrected chi connectivity index (χ4v) is 2.85. The number of hydrogen-bond donors (Lipinski definition) is 2. The Morgan fingerprint density at radius 2 is 1.65 bits per heavy atom. The minimum atomic E-state index is -1.26. The summed E-state index contributed by atoms with van der Waals surface area (Å²) < 4.78 is 5.38. The van der Waals surface area contributed by atoms with Gasteiger partial charge in [0.25, 0.3) is 0 Å². The standard InChI is InChI=1S/C24H27NO6/c1-24(2,3)31-23(30)25(4)15-17-6-5-7-19(13-17)18-10-8-16(9-11-18)12-20(22(28)29)14-21(26)27/h5-13H,14-15H2,1-4H3,(H,26,27)(H,28,29). The van der Waals surface area contributed by atoms with E-state index in [1.807, 2.05) is 57.2 Å². The summed E-state index contributed by atoms with van der Waals surface area (Å²) in [5.74, 6) is -2.45. The van der Waals surface area contributed by atoms with Crippen molar-refractivity contribution < 1.29 is 29.3 Å². The van der Waals surface area contributed by atoms with Gasteiger partial charge in [0.1, 0.15) is 5.60 Å². The van der Waals surface area contributed by atoms with Crippen LogP contribution < -0.4 is 0 Å². The summed E-state index contributed by atoms with van der Waals surface area (Å²) in [6.07, 6.45) is 0.404. The average Bonchev–Trinajstić information content (AvgIpc) is 2.66. The van der Waals surface area contributed by atoms with Crippen LogP contribution >= 0.6 is 0 Å². The first kappa shape index (κ1) is 23.7. The molecule has 7 heteroatoms. The normalized spacial score (nSPS) is 11.7. The zero-order valence-electron chi connectivity index (χ0n) is 18.1. The molecule has 0 saturated heterocycles. The topological polar surface area (TPSA) is 104 Å². The van der Waals surface area contributed by atoms with Crippen molar-refractivity contribution in [1.82, 2.24) is 4.90 Å². The van der Waals surface area contributed by atoms with Gasteiger partial charge in [-0.15, -0.1) is 0 Å². The monoisotopic (exact) mass is 425 g/mol. The van der Waals surface area contributed by atoms with E-state index < -0.39 is 30.1 Å². The molecule has 0 heterocycles. The lowest BCUT2D eigenvalue weighted by Crippen LogP contribution is -2.33. The summed E-state index contributed by atoms with van der Waals surface area (Å²) in [6, 6.07) is 14.9. The molecule has 164 valence electrons. The van der Waals surface area contributed by atoms with Gasteiger partial charge in [0.05, 0.1) is 6.42 Å². The lowest BCUT2D eigenvalue weighted by molar-refractivity contribution is -0.139. The molecule has 31 heavy (non-hydrogen) atoms. The van der Waals surface area contributed by atoms with E-state index in [0.717, 1.165) is 16.7 Å². The highest BCUT2D eigenvalue weighted by atomic mass is 16.6. The summed E-state index contributed by atoms with van der Waals surface area (Å²) in [5, 5.41) is 18.0. The molecule has 0 fully saturated rings. The number of nitrogens with zero attached hydrogens (tertiary/aromatic N) is 1. The molecule has 1 amide bonds. The second-order valence-electron chi connectivity index (χ2n) is 8.20. The highest BCUT2D eigenvalue weighted by molar-refractivity contribution is 5.96. The number of carbonyl (C=O) groups is 3. The Balaban J connectivity index is 2.16. The van der Waals surface area contributed by atoms with Crippen molar-refractivity contribution in [2.45, 2.75) is 39.3 Å². The molecule has 0 aliphatic heterocycles. The van der Waals surface area contributed by atoms with E-state index in [9.17, 15) is 14.4 Å². The molecule has 0 aromatic heterocycles. The zero-order chi connectivity index (χ0) is 23.2. The molecule has 0 bridgehead atoms. The number of amides is 1. The summed E-state index contributed by atoms with van der Waals surface area (Å²) in [7, 11) is 1.68. The fraction of sp³-hybridized carbons (Fsp3) is 0.292. The number of carbonyl (C=O) groups excluding carboxylic acids is 1. The van der Waals surface area contributed by atoms with Crippen LogP contribution in [0.3, 0.4) is 0 Å². The minimum Gasteiger partial charge on any atom is -0.481 e. The van der Waals surface area contributed by atoms with E-state index in [1.165, 1.54) is 11.0 Å². The van der Waals surface area contributed by atoms with Crippen LogP contribution in [0.25, 0.3) is 17.2 Å². The van der Waals surface area contributed by atoms with Gasteiger partial charge in [-0.25, -0.2) is 9.59 Å². The van der Waals surface area contributed by atoms with Gasteiger partial charge in [-0.1, -0.05) is 42.5 Å². The van der Waals surface area contributed by atoms with Gasteiger partial charge in [0.15, 0.2) is 0 Å². The molecular weight excluding hydrogens is 398 g/mol. The third kappa shape index (κ3) is 7.62. The van der Waals surface area contributed by atoms with E-state index in [2.05, 4.69) is 0 Å². The van der Waals surface area contributed by atoms with Crippen molar-refractivity contribution in [3.8, 4) is 11.1 Å². The molecule has 0 atom stereocenters. The smallest absolute Gasteiger partial charge is 0.410 e. The maximum atomic E-state index is 12.2. The van der Waals surface area contributed by atoms with Gasteiger partial charge in [0, 0.05) is 19.2 Å². The van der Waals surface area contributed by atoms with Gasteiger partial charge >= 0.3 is 18.0 Å². The predicted octanol–water partition coefficient (Wildman–Crippen LogP) is 4.66. The Bertz CT molecular complexity index is 986. The first-order valence-electron chi connectivity index (χ1n) is 9.74. The van der Waals surface area contributed by atoms with E-state index in [1.54, 1.807) is 19.2 Å². The van der Waals surface area contributed by atoms with Crippen molar-refractivity contribution in [2.75, 3.05) is 7.05 Å². The minimum absolute atomic E-state index is 0.188. The molecule has 0 unspecified atom stereocenters. The van der Waals surface area contributed by atoms with Crippen molar-refractivity contribution in [3.05, 3.63) is 65.2 Å². The second-order valence-corrected chi connectivity index (χ2v) is 8.20. The Morgan fingerprint density at radius 1 is 1.00 bits per heavy atom. The molecule has 7 nitrogen and oxygen atoms in total. The maximum Gasteiger partial charge on any atom is 0.410 e. The van der Waals surface area contributed by atoms with Crippen LogP contribution in [0.4, 0.5) is 4.79 Å². The number of ether oxygens (including phenoxy) is 1. The quantitative estimate of drug-likeness (QED) is 0.625. The van der Waals surface area contributed by atoms with Crippen molar-refractivity contribution in [2.24, 2.45) is 0 Å². The first-order valence-corrected chi connectivity index (χ1v) is 9.74. The molecule has 0 radical (unpaired) electrons. The highest BCUT2D eigenvalue weighted by Gasteiger charge is 2.19.